The summed E-state index contributed by atoms with van der Waals surface area (Å²) in [5, 5.41) is 0. The standard InChI is InChI=1S/C22H30N2O8S2/c1-6-24(34(27,28)18-8-10-20(30-3)22(14-18)32-5)16-11-12-23(15-16)33(25,26)17-7-9-19(29-2)21(13-17)31-4/h7-10,13-14,16H,6,11-12,15H2,1-5H3. The van der Waals surface area contributed by atoms with Gasteiger partial charge in [-0.05, 0) is 30.7 Å². The third-order valence-electron chi connectivity index (χ3n) is 5.80. The molecular formula is C22H30N2O8S2. The molecule has 0 bridgehead atoms. The molecule has 0 spiro atoms. The maximum Gasteiger partial charge on any atom is 0.243 e. The van der Waals surface area contributed by atoms with Crippen LogP contribution in [0.1, 0.15) is 13.3 Å². The lowest BCUT2D eigenvalue weighted by Gasteiger charge is -2.27. The van der Waals surface area contributed by atoms with Gasteiger partial charge >= 0.3 is 0 Å². The molecule has 0 aromatic heterocycles. The Morgan fingerprint density at radius 3 is 1.82 bits per heavy atom. The van der Waals surface area contributed by atoms with E-state index < -0.39 is 26.1 Å². The van der Waals surface area contributed by atoms with E-state index in [0.717, 1.165) is 0 Å². The van der Waals surface area contributed by atoms with Gasteiger partial charge in [-0.15, -0.1) is 0 Å². The number of hydrogen-bond donors (Lipinski definition) is 0. The number of likely N-dealkylation sites (N-methyl/N-ethyl adjacent to an activating group) is 1. The average molecular weight is 515 g/mol. The quantitative estimate of drug-likeness (QED) is 0.474. The number of ether oxygens (including phenoxy) is 4. The number of benzene rings is 2. The largest absolute Gasteiger partial charge is 0.493 e. The van der Waals surface area contributed by atoms with Crippen molar-refractivity contribution in [2.75, 3.05) is 48.1 Å². The van der Waals surface area contributed by atoms with E-state index in [4.69, 9.17) is 18.9 Å². The fourth-order valence-corrected chi connectivity index (χ4v) is 7.21. The number of sulfonamides is 2. The van der Waals surface area contributed by atoms with E-state index in [9.17, 15) is 16.8 Å². The van der Waals surface area contributed by atoms with Crippen LogP contribution in [0.25, 0.3) is 0 Å². The molecule has 1 unspecified atom stereocenters. The van der Waals surface area contributed by atoms with E-state index in [-0.39, 0.29) is 29.4 Å². The van der Waals surface area contributed by atoms with E-state index in [1.165, 1.54) is 73.4 Å². The Morgan fingerprint density at radius 2 is 1.32 bits per heavy atom. The maximum atomic E-state index is 13.4. The Bertz CT molecular complexity index is 1230. The molecule has 1 heterocycles. The minimum Gasteiger partial charge on any atom is -0.493 e. The first kappa shape index (κ1) is 26.1. The van der Waals surface area contributed by atoms with Crippen LogP contribution in [-0.4, -0.2) is 79.6 Å². The summed E-state index contributed by atoms with van der Waals surface area (Å²) in [6, 6.07) is 8.25. The van der Waals surface area contributed by atoms with Crippen molar-refractivity contribution in [3.8, 4) is 23.0 Å². The highest BCUT2D eigenvalue weighted by molar-refractivity contribution is 7.89. The average Bonchev–Trinajstić information content (AvgIpc) is 3.33. The Hall–Kier alpha value is -2.54. The van der Waals surface area contributed by atoms with Crippen LogP contribution in [0.2, 0.25) is 0 Å². The minimum atomic E-state index is -3.91. The summed E-state index contributed by atoms with van der Waals surface area (Å²) in [6.45, 7) is 2.14. The zero-order valence-corrected chi connectivity index (χ0v) is 21.5. The summed E-state index contributed by atoms with van der Waals surface area (Å²) >= 11 is 0. The molecule has 0 N–H and O–H groups in total. The van der Waals surface area contributed by atoms with Gasteiger partial charge in [0.2, 0.25) is 20.0 Å². The number of rotatable bonds is 10. The monoisotopic (exact) mass is 514 g/mol. The third kappa shape index (κ3) is 4.81. The van der Waals surface area contributed by atoms with Gasteiger partial charge in [-0.2, -0.15) is 8.61 Å². The normalized spacial score (nSPS) is 17.1. The summed E-state index contributed by atoms with van der Waals surface area (Å²) in [7, 11) is -1.97. The van der Waals surface area contributed by atoms with Crippen LogP contribution in [0.5, 0.6) is 23.0 Å². The second-order valence-electron chi connectivity index (χ2n) is 7.55. The molecule has 0 aliphatic carbocycles. The van der Waals surface area contributed by atoms with E-state index in [1.54, 1.807) is 6.92 Å². The van der Waals surface area contributed by atoms with E-state index in [1.807, 2.05) is 0 Å². The van der Waals surface area contributed by atoms with E-state index >= 15 is 0 Å². The topological polar surface area (TPSA) is 112 Å². The summed E-state index contributed by atoms with van der Waals surface area (Å²) in [5.74, 6) is 1.42. The lowest BCUT2D eigenvalue weighted by atomic mass is 10.3. The molecule has 0 amide bonds. The summed E-state index contributed by atoms with van der Waals surface area (Å²) < 4.78 is 76.9. The molecule has 3 rings (SSSR count). The van der Waals surface area contributed by atoms with Crippen LogP contribution in [-0.2, 0) is 20.0 Å². The molecule has 1 aliphatic heterocycles. The Morgan fingerprint density at radius 1 is 0.824 bits per heavy atom. The van der Waals surface area contributed by atoms with Crippen LogP contribution in [0.4, 0.5) is 0 Å². The molecule has 1 aliphatic rings. The van der Waals surface area contributed by atoms with Crippen molar-refractivity contribution in [1.29, 1.82) is 0 Å². The Balaban J connectivity index is 1.87. The highest BCUT2D eigenvalue weighted by Gasteiger charge is 2.39. The molecule has 10 nitrogen and oxygen atoms in total. The second-order valence-corrected chi connectivity index (χ2v) is 11.4. The summed E-state index contributed by atoms with van der Waals surface area (Å²) in [5.41, 5.74) is 0. The van der Waals surface area contributed by atoms with E-state index in [2.05, 4.69) is 0 Å². The smallest absolute Gasteiger partial charge is 0.243 e. The first-order valence-corrected chi connectivity index (χ1v) is 13.5. The predicted octanol–water partition coefficient (Wildman–Crippen LogP) is 2.19. The molecule has 12 heteroatoms. The number of methoxy groups -OCH3 is 4. The lowest BCUT2D eigenvalue weighted by Crippen LogP contribution is -2.42. The second kappa shape index (κ2) is 10.4. The van der Waals surface area contributed by atoms with Gasteiger partial charge in [0.15, 0.2) is 23.0 Å². The fraction of sp³-hybridized carbons (Fsp3) is 0.455. The van der Waals surface area contributed by atoms with Crippen molar-refractivity contribution in [2.24, 2.45) is 0 Å². The first-order chi connectivity index (χ1) is 16.1. The zero-order valence-electron chi connectivity index (χ0n) is 19.8. The van der Waals surface area contributed by atoms with Crippen LogP contribution in [0.15, 0.2) is 46.2 Å². The summed E-state index contributed by atoms with van der Waals surface area (Å²) in [6.07, 6.45) is 0.368. The van der Waals surface area contributed by atoms with Crippen molar-refractivity contribution >= 4 is 20.0 Å². The molecule has 1 saturated heterocycles. The van der Waals surface area contributed by atoms with Crippen molar-refractivity contribution in [2.45, 2.75) is 29.2 Å². The van der Waals surface area contributed by atoms with Gasteiger partial charge in [-0.1, -0.05) is 6.92 Å². The first-order valence-electron chi connectivity index (χ1n) is 10.6. The molecule has 34 heavy (non-hydrogen) atoms. The molecule has 0 saturated carbocycles. The van der Waals surface area contributed by atoms with Gasteiger partial charge in [-0.25, -0.2) is 16.8 Å². The van der Waals surface area contributed by atoms with Gasteiger partial charge in [0.05, 0.1) is 38.2 Å². The van der Waals surface area contributed by atoms with Crippen molar-refractivity contribution in [3.63, 3.8) is 0 Å². The molecule has 188 valence electrons. The van der Waals surface area contributed by atoms with Gasteiger partial charge < -0.3 is 18.9 Å². The van der Waals surface area contributed by atoms with Crippen molar-refractivity contribution in [3.05, 3.63) is 36.4 Å². The lowest BCUT2D eigenvalue weighted by molar-refractivity contribution is 0.334. The van der Waals surface area contributed by atoms with Crippen molar-refractivity contribution in [1.82, 2.24) is 8.61 Å². The maximum absolute atomic E-state index is 13.4. The molecule has 1 atom stereocenters. The van der Waals surface area contributed by atoms with Crippen LogP contribution in [0.3, 0.4) is 0 Å². The highest BCUT2D eigenvalue weighted by Crippen LogP contribution is 2.34. The van der Waals surface area contributed by atoms with Crippen LogP contribution in [0, 0.1) is 0 Å². The van der Waals surface area contributed by atoms with Crippen LogP contribution >= 0.6 is 0 Å². The zero-order chi connectivity index (χ0) is 25.1. The number of nitrogens with zero attached hydrogens (tertiary/aromatic N) is 2. The Kier molecular flexibility index (Phi) is 7.96. The minimum absolute atomic E-state index is 0.0387. The van der Waals surface area contributed by atoms with Crippen molar-refractivity contribution < 1.29 is 35.8 Å². The number of hydrogen-bond acceptors (Lipinski definition) is 8. The molecule has 1 fully saturated rings. The molecule has 2 aromatic rings. The molecular weight excluding hydrogens is 484 g/mol. The predicted molar refractivity (Wildman–Crippen MR) is 126 cm³/mol. The highest BCUT2D eigenvalue weighted by atomic mass is 32.2. The van der Waals surface area contributed by atoms with Gasteiger partial charge in [0, 0.05) is 37.8 Å². The molecule has 0 radical (unpaired) electrons. The summed E-state index contributed by atoms with van der Waals surface area (Å²) in [4.78, 5) is 0.102. The van der Waals surface area contributed by atoms with Gasteiger partial charge in [0.1, 0.15) is 0 Å². The third-order valence-corrected chi connectivity index (χ3v) is 9.68. The van der Waals surface area contributed by atoms with Crippen LogP contribution < -0.4 is 18.9 Å². The van der Waals surface area contributed by atoms with Gasteiger partial charge in [-0.3, -0.25) is 0 Å². The SMILES string of the molecule is CCN(C1CCN(S(=O)(=O)c2ccc(OC)c(OC)c2)C1)S(=O)(=O)c1ccc(OC)c(OC)c1. The Labute approximate surface area is 201 Å². The van der Waals surface area contributed by atoms with Gasteiger partial charge in [0.25, 0.3) is 0 Å². The van der Waals surface area contributed by atoms with E-state index in [0.29, 0.717) is 29.4 Å². The molecule has 2 aromatic carbocycles. The fourth-order valence-electron chi connectivity index (χ4n) is 4.03.